The predicted octanol–water partition coefficient (Wildman–Crippen LogP) is 10.1. The zero-order valence-corrected chi connectivity index (χ0v) is 24.1. The fourth-order valence-electron chi connectivity index (χ4n) is 6.10. The maximum absolute atomic E-state index is 6.20. The van der Waals surface area contributed by atoms with Crippen molar-refractivity contribution in [2.75, 3.05) is 0 Å². The molecule has 0 aliphatic carbocycles. The predicted molar refractivity (Wildman–Crippen MR) is 182 cm³/mol. The average molecular weight is 577 g/mol. The quantitative estimate of drug-likeness (QED) is 0.209. The Labute approximate surface area is 258 Å². The van der Waals surface area contributed by atoms with Crippen LogP contribution in [0.4, 0.5) is 0 Å². The van der Waals surface area contributed by atoms with Crippen LogP contribution in [0.1, 0.15) is 0 Å². The normalized spacial score (nSPS) is 11.6. The van der Waals surface area contributed by atoms with Crippen molar-refractivity contribution in [2.45, 2.75) is 0 Å². The summed E-state index contributed by atoms with van der Waals surface area (Å²) in [5, 5.41) is 6.41. The van der Waals surface area contributed by atoms with Gasteiger partial charge in [-0.3, -0.25) is 4.98 Å². The van der Waals surface area contributed by atoms with Crippen LogP contribution in [0.5, 0.6) is 0 Å². The molecule has 45 heavy (non-hydrogen) atoms. The molecule has 0 radical (unpaired) electrons. The standard InChI is InChI=1S/C40H24N4O/c1-2-9-25(10-3-1)27-17-18-29-22-30(20-19-28(29)21-27)38-42-39(33-14-8-16-36-37(33)32-13-6-7-15-35(32)45-36)44-40(43-38)34-23-26-11-4-5-12-31(26)24-41-34/h1-24H. The van der Waals surface area contributed by atoms with Gasteiger partial charge in [0.05, 0.1) is 0 Å². The highest BCUT2D eigenvalue weighted by atomic mass is 16.3. The summed E-state index contributed by atoms with van der Waals surface area (Å²) in [5.41, 5.74) is 6.48. The molecule has 0 unspecified atom stereocenters. The molecule has 0 bridgehead atoms. The van der Waals surface area contributed by atoms with Crippen molar-refractivity contribution in [3.63, 3.8) is 0 Å². The van der Waals surface area contributed by atoms with Gasteiger partial charge in [0.2, 0.25) is 0 Å². The zero-order chi connectivity index (χ0) is 29.7. The molecule has 0 aliphatic rings. The van der Waals surface area contributed by atoms with E-state index in [0.29, 0.717) is 23.2 Å². The number of rotatable bonds is 4. The van der Waals surface area contributed by atoms with Crippen molar-refractivity contribution >= 4 is 43.5 Å². The number of nitrogens with zero attached hydrogens (tertiary/aromatic N) is 4. The molecule has 5 nitrogen and oxygen atoms in total. The van der Waals surface area contributed by atoms with Gasteiger partial charge in [0.15, 0.2) is 17.5 Å². The van der Waals surface area contributed by atoms with Gasteiger partial charge in [-0.1, -0.05) is 109 Å². The lowest BCUT2D eigenvalue weighted by molar-refractivity contribution is 0.669. The SMILES string of the molecule is c1ccc(-c2ccc3cc(-c4nc(-c5cc6ccccc6cn5)nc(-c5cccc6oc7ccccc7c56)n4)ccc3c2)cc1. The minimum atomic E-state index is 0.519. The number of hydrogen-bond acceptors (Lipinski definition) is 5. The smallest absolute Gasteiger partial charge is 0.182 e. The van der Waals surface area contributed by atoms with E-state index < -0.39 is 0 Å². The average Bonchev–Trinajstić information content (AvgIpc) is 3.50. The van der Waals surface area contributed by atoms with E-state index in [4.69, 9.17) is 24.4 Å². The van der Waals surface area contributed by atoms with E-state index in [9.17, 15) is 0 Å². The lowest BCUT2D eigenvalue weighted by Crippen LogP contribution is -2.01. The molecule has 9 rings (SSSR count). The summed E-state index contributed by atoms with van der Waals surface area (Å²) in [7, 11) is 0. The van der Waals surface area contributed by atoms with Gasteiger partial charge in [0.1, 0.15) is 16.9 Å². The highest BCUT2D eigenvalue weighted by Crippen LogP contribution is 2.37. The van der Waals surface area contributed by atoms with E-state index >= 15 is 0 Å². The maximum atomic E-state index is 6.20. The molecule has 3 aromatic heterocycles. The molecule has 0 atom stereocenters. The van der Waals surface area contributed by atoms with Gasteiger partial charge >= 0.3 is 0 Å². The van der Waals surface area contributed by atoms with Crippen molar-refractivity contribution in [1.29, 1.82) is 0 Å². The van der Waals surface area contributed by atoms with Gasteiger partial charge in [0.25, 0.3) is 0 Å². The van der Waals surface area contributed by atoms with Crippen molar-refractivity contribution in [3.05, 3.63) is 146 Å². The molecule has 0 saturated heterocycles. The minimum absolute atomic E-state index is 0.519. The third kappa shape index (κ3) is 4.41. The second-order valence-electron chi connectivity index (χ2n) is 11.1. The molecule has 0 N–H and O–H groups in total. The van der Waals surface area contributed by atoms with Crippen LogP contribution in [-0.4, -0.2) is 19.9 Å². The third-order valence-electron chi connectivity index (χ3n) is 8.34. The molecule has 0 amide bonds. The number of fused-ring (bicyclic) bond motifs is 5. The van der Waals surface area contributed by atoms with E-state index in [-0.39, 0.29) is 0 Å². The lowest BCUT2D eigenvalue weighted by atomic mass is 10.00. The van der Waals surface area contributed by atoms with Crippen molar-refractivity contribution < 1.29 is 4.42 Å². The van der Waals surface area contributed by atoms with Crippen LogP contribution < -0.4 is 0 Å². The first-order chi connectivity index (χ1) is 22.3. The molecule has 3 heterocycles. The van der Waals surface area contributed by atoms with Crippen LogP contribution >= 0.6 is 0 Å². The van der Waals surface area contributed by atoms with Gasteiger partial charge in [-0.05, 0) is 57.6 Å². The van der Waals surface area contributed by atoms with E-state index in [1.807, 2.05) is 66.9 Å². The molecule has 6 aromatic carbocycles. The van der Waals surface area contributed by atoms with E-state index in [1.165, 1.54) is 11.1 Å². The Balaban J connectivity index is 1.25. The second-order valence-corrected chi connectivity index (χ2v) is 11.1. The Hall–Kier alpha value is -6.20. The van der Waals surface area contributed by atoms with E-state index in [1.54, 1.807) is 0 Å². The van der Waals surface area contributed by atoms with Crippen LogP contribution in [0.2, 0.25) is 0 Å². The van der Waals surface area contributed by atoms with E-state index in [2.05, 4.69) is 78.9 Å². The Kier molecular flexibility index (Phi) is 5.74. The first kappa shape index (κ1) is 25.3. The van der Waals surface area contributed by atoms with Crippen LogP contribution in [0, 0.1) is 0 Å². The molecule has 0 fully saturated rings. The summed E-state index contributed by atoms with van der Waals surface area (Å²) in [6, 6.07) is 47.7. The van der Waals surface area contributed by atoms with Crippen LogP contribution in [-0.2, 0) is 0 Å². The number of furan rings is 1. The van der Waals surface area contributed by atoms with Crippen LogP contribution in [0.15, 0.2) is 150 Å². The number of benzene rings is 6. The van der Waals surface area contributed by atoms with Gasteiger partial charge < -0.3 is 4.42 Å². The van der Waals surface area contributed by atoms with E-state index in [0.717, 1.165) is 54.6 Å². The zero-order valence-electron chi connectivity index (χ0n) is 24.1. The molecule has 9 aromatic rings. The molecule has 0 spiro atoms. The Morgan fingerprint density at radius 1 is 0.422 bits per heavy atom. The van der Waals surface area contributed by atoms with Gasteiger partial charge in [0, 0.05) is 33.5 Å². The minimum Gasteiger partial charge on any atom is -0.456 e. The highest BCUT2D eigenvalue weighted by molar-refractivity contribution is 6.11. The van der Waals surface area contributed by atoms with Gasteiger partial charge in [-0.15, -0.1) is 0 Å². The summed E-state index contributed by atoms with van der Waals surface area (Å²) in [5.74, 6) is 1.68. The summed E-state index contributed by atoms with van der Waals surface area (Å²) in [6.45, 7) is 0. The van der Waals surface area contributed by atoms with Crippen molar-refractivity contribution in [1.82, 2.24) is 19.9 Å². The first-order valence-corrected chi connectivity index (χ1v) is 14.9. The van der Waals surface area contributed by atoms with Gasteiger partial charge in [-0.25, -0.2) is 15.0 Å². The third-order valence-corrected chi connectivity index (χ3v) is 8.34. The maximum Gasteiger partial charge on any atom is 0.182 e. The van der Waals surface area contributed by atoms with Crippen molar-refractivity contribution in [3.8, 4) is 45.4 Å². The number of pyridine rings is 1. The molecule has 0 saturated carbocycles. The summed E-state index contributed by atoms with van der Waals surface area (Å²) in [4.78, 5) is 19.9. The fourth-order valence-corrected chi connectivity index (χ4v) is 6.10. The summed E-state index contributed by atoms with van der Waals surface area (Å²) < 4.78 is 6.20. The monoisotopic (exact) mass is 576 g/mol. The largest absolute Gasteiger partial charge is 0.456 e. The number of para-hydroxylation sites is 1. The summed E-state index contributed by atoms with van der Waals surface area (Å²) in [6.07, 6.45) is 1.87. The van der Waals surface area contributed by atoms with Crippen LogP contribution in [0.25, 0.3) is 88.9 Å². The molecular formula is C40H24N4O. The first-order valence-electron chi connectivity index (χ1n) is 14.9. The number of aromatic nitrogens is 4. The number of hydrogen-bond donors (Lipinski definition) is 0. The fraction of sp³-hybridized carbons (Fsp3) is 0. The van der Waals surface area contributed by atoms with Crippen molar-refractivity contribution in [2.24, 2.45) is 0 Å². The topological polar surface area (TPSA) is 64.7 Å². The molecule has 0 aliphatic heterocycles. The van der Waals surface area contributed by atoms with Gasteiger partial charge in [-0.2, -0.15) is 0 Å². The Bertz CT molecular complexity index is 2550. The molecular weight excluding hydrogens is 552 g/mol. The molecule has 210 valence electrons. The Morgan fingerprint density at radius 2 is 1.09 bits per heavy atom. The highest BCUT2D eigenvalue weighted by Gasteiger charge is 2.18. The Morgan fingerprint density at radius 3 is 1.98 bits per heavy atom. The second kappa shape index (κ2) is 10.2. The van der Waals surface area contributed by atoms with Crippen LogP contribution in [0.3, 0.4) is 0 Å². The summed E-state index contributed by atoms with van der Waals surface area (Å²) >= 11 is 0. The molecule has 5 heteroatoms. The lowest BCUT2D eigenvalue weighted by Gasteiger charge is -2.10.